The quantitative estimate of drug-likeness (QED) is 0.749. The van der Waals surface area contributed by atoms with Crippen LogP contribution in [0.1, 0.15) is 17.3 Å². The molecule has 0 spiro atoms. The van der Waals surface area contributed by atoms with Gasteiger partial charge < -0.3 is 15.4 Å². The molecule has 1 aromatic carbocycles. The highest BCUT2D eigenvalue weighted by Gasteiger charge is 2.29. The van der Waals surface area contributed by atoms with Crippen LogP contribution in [0.5, 0.6) is 0 Å². The van der Waals surface area contributed by atoms with Crippen LogP contribution in [0.25, 0.3) is 0 Å². The Kier molecular flexibility index (Phi) is 6.84. The van der Waals surface area contributed by atoms with E-state index in [0.29, 0.717) is 5.56 Å². The summed E-state index contributed by atoms with van der Waals surface area (Å²) in [7, 11) is 0. The summed E-state index contributed by atoms with van der Waals surface area (Å²) in [5.74, 6) is -0.963. The number of carbonyl (C=O) groups is 2. The lowest BCUT2D eigenvalue weighted by Gasteiger charge is -2.14. The summed E-state index contributed by atoms with van der Waals surface area (Å²) in [6.45, 7) is -0.00145. The number of ether oxygens (including phenoxy) is 1. The van der Waals surface area contributed by atoms with E-state index >= 15 is 0 Å². The van der Waals surface area contributed by atoms with Gasteiger partial charge in [0.15, 0.2) is 0 Å². The van der Waals surface area contributed by atoms with Gasteiger partial charge in [-0.1, -0.05) is 18.2 Å². The zero-order chi connectivity index (χ0) is 16.6. The molecule has 0 bridgehead atoms. The summed E-state index contributed by atoms with van der Waals surface area (Å²) in [4.78, 5) is 23.1. The fourth-order valence-corrected chi connectivity index (χ4v) is 1.49. The maximum atomic E-state index is 11.9. The molecule has 0 aliphatic rings. The molecule has 2 amide bonds. The van der Waals surface area contributed by atoms with Crippen LogP contribution >= 0.6 is 0 Å². The topological polar surface area (TPSA) is 67.4 Å². The molecule has 0 heterocycles. The molecule has 122 valence electrons. The van der Waals surface area contributed by atoms with Crippen molar-refractivity contribution < 1.29 is 27.5 Å². The number of carbonyl (C=O) groups excluding carboxylic acids is 2. The van der Waals surface area contributed by atoms with Crippen LogP contribution in [0.3, 0.4) is 0 Å². The summed E-state index contributed by atoms with van der Waals surface area (Å²) in [6, 6.07) is 8.49. The first-order valence-electron chi connectivity index (χ1n) is 6.59. The van der Waals surface area contributed by atoms with Gasteiger partial charge in [-0.2, -0.15) is 13.2 Å². The molecule has 0 aliphatic carbocycles. The second-order valence-electron chi connectivity index (χ2n) is 4.48. The standard InChI is InChI=1S/C14H17F3N2O3/c1-10(22-9-14(15,16)17)12(20)18-7-8-19-13(21)11-5-3-2-4-6-11/h2-6,10H,7-9H2,1H3,(H,18,20)(H,19,21). The molecule has 22 heavy (non-hydrogen) atoms. The zero-order valence-corrected chi connectivity index (χ0v) is 11.9. The molecule has 1 unspecified atom stereocenters. The predicted octanol–water partition coefficient (Wildman–Crippen LogP) is 1.50. The van der Waals surface area contributed by atoms with Crippen LogP contribution in [-0.4, -0.2) is 43.8 Å². The monoisotopic (exact) mass is 318 g/mol. The molecule has 0 fully saturated rings. The van der Waals surface area contributed by atoms with Crippen LogP contribution in [0.15, 0.2) is 30.3 Å². The number of nitrogens with one attached hydrogen (secondary N) is 2. The highest BCUT2D eigenvalue weighted by molar-refractivity contribution is 5.94. The van der Waals surface area contributed by atoms with Gasteiger partial charge >= 0.3 is 6.18 Å². The maximum absolute atomic E-state index is 11.9. The number of hydrogen-bond donors (Lipinski definition) is 2. The molecule has 1 aromatic rings. The highest BCUT2D eigenvalue weighted by Crippen LogP contribution is 2.15. The Hall–Kier alpha value is -2.09. The smallest absolute Gasteiger partial charge is 0.359 e. The molecule has 0 saturated carbocycles. The molecule has 2 N–H and O–H groups in total. The fourth-order valence-electron chi connectivity index (χ4n) is 1.49. The van der Waals surface area contributed by atoms with Crippen molar-refractivity contribution in [3.05, 3.63) is 35.9 Å². The Bertz CT molecular complexity index is 492. The van der Waals surface area contributed by atoms with Crippen LogP contribution in [0, 0.1) is 0 Å². The number of halogens is 3. The molecule has 1 rings (SSSR count). The lowest BCUT2D eigenvalue weighted by Crippen LogP contribution is -2.40. The first-order chi connectivity index (χ1) is 10.3. The van der Waals surface area contributed by atoms with Gasteiger partial charge in [0.1, 0.15) is 12.7 Å². The Morgan fingerprint density at radius 3 is 2.32 bits per heavy atom. The largest absolute Gasteiger partial charge is 0.411 e. The van der Waals surface area contributed by atoms with Gasteiger partial charge in [-0.3, -0.25) is 9.59 Å². The maximum Gasteiger partial charge on any atom is 0.411 e. The van der Waals surface area contributed by atoms with Crippen molar-refractivity contribution in [3.63, 3.8) is 0 Å². The lowest BCUT2D eigenvalue weighted by molar-refractivity contribution is -0.185. The Morgan fingerprint density at radius 2 is 1.73 bits per heavy atom. The van der Waals surface area contributed by atoms with Crippen LogP contribution < -0.4 is 10.6 Å². The first kappa shape index (κ1) is 18.0. The lowest BCUT2D eigenvalue weighted by atomic mass is 10.2. The molecule has 0 radical (unpaired) electrons. The molecular weight excluding hydrogens is 301 g/mol. The van der Waals surface area contributed by atoms with E-state index in [0.717, 1.165) is 0 Å². The minimum atomic E-state index is -4.47. The van der Waals surface area contributed by atoms with E-state index in [9.17, 15) is 22.8 Å². The number of hydrogen-bond acceptors (Lipinski definition) is 3. The summed E-state index contributed by atoms with van der Waals surface area (Å²) in [6.07, 6.45) is -5.69. The SMILES string of the molecule is CC(OCC(F)(F)F)C(=O)NCCNC(=O)c1ccccc1. The Balaban J connectivity index is 2.21. The van der Waals surface area contributed by atoms with E-state index in [1.807, 2.05) is 0 Å². The van der Waals surface area contributed by atoms with Gasteiger partial charge in [-0.05, 0) is 19.1 Å². The molecule has 8 heteroatoms. The van der Waals surface area contributed by atoms with Crippen molar-refractivity contribution in [2.75, 3.05) is 19.7 Å². The molecule has 0 aromatic heterocycles. The number of amides is 2. The third-order valence-corrected chi connectivity index (χ3v) is 2.61. The Labute approximate surface area is 125 Å². The predicted molar refractivity (Wildman–Crippen MR) is 73.3 cm³/mol. The summed E-state index contributed by atoms with van der Waals surface area (Å²) in [5, 5.41) is 4.95. The second-order valence-corrected chi connectivity index (χ2v) is 4.48. The van der Waals surface area contributed by atoms with Crippen LogP contribution in [-0.2, 0) is 9.53 Å². The van der Waals surface area contributed by atoms with Gasteiger partial charge in [-0.25, -0.2) is 0 Å². The first-order valence-corrected chi connectivity index (χ1v) is 6.59. The average molecular weight is 318 g/mol. The number of benzene rings is 1. The molecule has 1 atom stereocenters. The molecular formula is C14H17F3N2O3. The molecule has 5 nitrogen and oxygen atoms in total. The van der Waals surface area contributed by atoms with Gasteiger partial charge in [-0.15, -0.1) is 0 Å². The van der Waals surface area contributed by atoms with Crippen molar-refractivity contribution in [2.45, 2.75) is 19.2 Å². The highest BCUT2D eigenvalue weighted by atomic mass is 19.4. The number of rotatable bonds is 7. The van der Waals surface area contributed by atoms with Crippen molar-refractivity contribution >= 4 is 11.8 Å². The van der Waals surface area contributed by atoms with Gasteiger partial charge in [0.05, 0.1) is 0 Å². The van der Waals surface area contributed by atoms with Crippen molar-refractivity contribution in [3.8, 4) is 0 Å². The normalized spacial score (nSPS) is 12.5. The Morgan fingerprint density at radius 1 is 1.14 bits per heavy atom. The van der Waals surface area contributed by atoms with E-state index in [2.05, 4.69) is 15.4 Å². The van der Waals surface area contributed by atoms with Gasteiger partial charge in [0.2, 0.25) is 5.91 Å². The van der Waals surface area contributed by atoms with Crippen molar-refractivity contribution in [1.29, 1.82) is 0 Å². The van der Waals surface area contributed by atoms with E-state index < -0.39 is 24.8 Å². The average Bonchev–Trinajstić information content (AvgIpc) is 2.48. The third kappa shape index (κ3) is 7.07. The third-order valence-electron chi connectivity index (χ3n) is 2.61. The molecule has 0 aliphatic heterocycles. The van der Waals surface area contributed by atoms with Gasteiger partial charge in [0, 0.05) is 18.7 Å². The minimum absolute atomic E-state index is 0.0944. The summed E-state index contributed by atoms with van der Waals surface area (Å²) < 4.78 is 40.2. The van der Waals surface area contributed by atoms with E-state index in [4.69, 9.17) is 0 Å². The van der Waals surface area contributed by atoms with Crippen molar-refractivity contribution in [1.82, 2.24) is 10.6 Å². The summed E-state index contributed by atoms with van der Waals surface area (Å²) in [5.41, 5.74) is 0.482. The van der Waals surface area contributed by atoms with Crippen LogP contribution in [0.4, 0.5) is 13.2 Å². The number of alkyl halides is 3. The van der Waals surface area contributed by atoms with Crippen LogP contribution in [0.2, 0.25) is 0 Å². The minimum Gasteiger partial charge on any atom is -0.359 e. The van der Waals surface area contributed by atoms with Crippen molar-refractivity contribution in [2.24, 2.45) is 0 Å². The van der Waals surface area contributed by atoms with E-state index in [1.165, 1.54) is 6.92 Å². The van der Waals surface area contributed by atoms with E-state index in [-0.39, 0.29) is 19.0 Å². The van der Waals surface area contributed by atoms with E-state index in [1.54, 1.807) is 30.3 Å². The fraction of sp³-hybridized carbons (Fsp3) is 0.429. The van der Waals surface area contributed by atoms with Gasteiger partial charge in [0.25, 0.3) is 5.91 Å². The molecule has 0 saturated heterocycles. The zero-order valence-electron chi connectivity index (χ0n) is 11.9. The summed E-state index contributed by atoms with van der Waals surface area (Å²) >= 11 is 0. The second kappa shape index (κ2) is 8.38.